The molecule has 0 aromatic rings. The molecule has 4 aliphatic rings. The summed E-state index contributed by atoms with van der Waals surface area (Å²) in [6.45, 7) is 0.696. The monoisotopic (exact) mass is 301 g/mol. The van der Waals surface area contributed by atoms with Gasteiger partial charge in [-0.2, -0.15) is 0 Å². The van der Waals surface area contributed by atoms with Gasteiger partial charge in [-0.1, -0.05) is 0 Å². The second-order valence-electron chi connectivity index (χ2n) is 6.69. The Kier molecular flexibility index (Phi) is 5.84. The van der Waals surface area contributed by atoms with Gasteiger partial charge in [-0.3, -0.25) is 0 Å². The van der Waals surface area contributed by atoms with Crippen molar-refractivity contribution in [2.24, 2.45) is 17.8 Å². The Morgan fingerprint density at radius 2 is 1.43 bits per heavy atom. The van der Waals surface area contributed by atoms with E-state index in [2.05, 4.69) is 10.1 Å². The van der Waals surface area contributed by atoms with Gasteiger partial charge in [0.2, 0.25) is 0 Å². The summed E-state index contributed by atoms with van der Waals surface area (Å²) in [6.07, 6.45) is 6.57. The molecular formula is C15H27NO5. The molecule has 0 spiro atoms. The summed E-state index contributed by atoms with van der Waals surface area (Å²) in [5.74, 6) is 2.44. The number of nitrogens with one attached hydrogen (secondary N) is 1. The van der Waals surface area contributed by atoms with Crippen LogP contribution in [0.3, 0.4) is 0 Å². The number of ether oxygens (including phenoxy) is 1. The predicted molar refractivity (Wildman–Crippen MR) is 77.1 cm³/mol. The molecule has 4 fully saturated rings. The molecule has 1 amide bonds. The summed E-state index contributed by atoms with van der Waals surface area (Å²) in [7, 11) is 0. The van der Waals surface area contributed by atoms with Gasteiger partial charge in [0.05, 0.1) is 26.4 Å². The fourth-order valence-corrected chi connectivity index (χ4v) is 4.72. The normalized spacial score (nSPS) is 36.0. The first-order valence-corrected chi connectivity index (χ1v) is 7.87. The van der Waals surface area contributed by atoms with E-state index in [0.29, 0.717) is 13.2 Å². The largest absolute Gasteiger partial charge is 0.465 e. The SMILES string of the molecule is O=C(O)NC12CC3CC(CC(C3)C1)C2.OCCOCCO. The number of carbonyl (C=O) groups is 1. The highest BCUT2D eigenvalue weighted by atomic mass is 16.5. The zero-order chi connectivity index (χ0) is 15.3. The molecule has 0 saturated heterocycles. The van der Waals surface area contributed by atoms with Crippen molar-refractivity contribution in [1.29, 1.82) is 0 Å². The Morgan fingerprint density at radius 1 is 1.00 bits per heavy atom. The maximum absolute atomic E-state index is 10.8. The maximum atomic E-state index is 10.8. The highest BCUT2D eigenvalue weighted by Crippen LogP contribution is 2.55. The Labute approximate surface area is 125 Å². The summed E-state index contributed by atoms with van der Waals surface area (Å²) in [5, 5.41) is 27.8. The van der Waals surface area contributed by atoms with E-state index in [1.807, 2.05) is 0 Å². The molecular weight excluding hydrogens is 274 g/mol. The first-order chi connectivity index (χ1) is 10.1. The molecule has 0 aromatic carbocycles. The van der Waals surface area contributed by atoms with Crippen LogP contribution >= 0.6 is 0 Å². The van der Waals surface area contributed by atoms with Crippen molar-refractivity contribution >= 4 is 6.09 Å². The molecule has 4 rings (SSSR count). The zero-order valence-corrected chi connectivity index (χ0v) is 12.5. The highest BCUT2D eigenvalue weighted by molar-refractivity contribution is 5.65. The molecule has 0 unspecified atom stereocenters. The van der Waals surface area contributed by atoms with Gasteiger partial charge in [0.15, 0.2) is 0 Å². The number of aliphatic hydroxyl groups is 2. The molecule has 21 heavy (non-hydrogen) atoms. The van der Waals surface area contributed by atoms with Crippen molar-refractivity contribution in [3.8, 4) is 0 Å². The van der Waals surface area contributed by atoms with E-state index in [1.165, 1.54) is 19.3 Å². The van der Waals surface area contributed by atoms with Crippen LogP contribution in [0.5, 0.6) is 0 Å². The van der Waals surface area contributed by atoms with E-state index in [1.54, 1.807) is 0 Å². The topological polar surface area (TPSA) is 99.0 Å². The van der Waals surface area contributed by atoms with Crippen LogP contribution in [0.25, 0.3) is 0 Å². The standard InChI is InChI=1S/C11H17NO2.C4H10O3/c13-10(14)12-11-4-7-1-8(5-11)3-9(2-7)6-11;5-1-3-7-4-2-6/h7-9,12H,1-6H2,(H,13,14);5-6H,1-4H2. The Balaban J connectivity index is 0.000000199. The Hall–Kier alpha value is -0.850. The molecule has 0 atom stereocenters. The summed E-state index contributed by atoms with van der Waals surface area (Å²) in [6, 6.07) is 0. The quantitative estimate of drug-likeness (QED) is 0.572. The van der Waals surface area contributed by atoms with Gasteiger partial charge >= 0.3 is 6.09 Å². The molecule has 122 valence electrons. The van der Waals surface area contributed by atoms with E-state index >= 15 is 0 Å². The van der Waals surface area contributed by atoms with E-state index in [9.17, 15) is 4.79 Å². The molecule has 4 aliphatic carbocycles. The Bertz CT molecular complexity index is 308. The third-order valence-electron chi connectivity index (χ3n) is 4.88. The number of carboxylic acid groups (broad SMARTS) is 1. The number of rotatable bonds is 5. The van der Waals surface area contributed by atoms with E-state index in [0.717, 1.165) is 37.0 Å². The zero-order valence-electron chi connectivity index (χ0n) is 12.5. The van der Waals surface area contributed by atoms with Crippen molar-refractivity contribution < 1.29 is 24.9 Å². The minimum atomic E-state index is -0.827. The second-order valence-corrected chi connectivity index (χ2v) is 6.69. The predicted octanol–water partition coefficient (Wildman–Crippen LogP) is 1.21. The molecule has 6 heteroatoms. The molecule has 4 saturated carbocycles. The second kappa shape index (κ2) is 7.42. The molecule has 4 N–H and O–H groups in total. The highest BCUT2D eigenvalue weighted by Gasteiger charge is 2.51. The van der Waals surface area contributed by atoms with Gasteiger partial charge in [0.1, 0.15) is 0 Å². The lowest BCUT2D eigenvalue weighted by Crippen LogP contribution is -2.59. The van der Waals surface area contributed by atoms with E-state index in [4.69, 9.17) is 15.3 Å². The summed E-state index contributed by atoms with van der Waals surface area (Å²) in [4.78, 5) is 10.8. The van der Waals surface area contributed by atoms with Gasteiger partial charge in [0.25, 0.3) is 0 Å². The fourth-order valence-electron chi connectivity index (χ4n) is 4.72. The average molecular weight is 301 g/mol. The minimum Gasteiger partial charge on any atom is -0.465 e. The molecule has 0 aromatic heterocycles. The molecule has 0 aliphatic heterocycles. The molecule has 6 nitrogen and oxygen atoms in total. The van der Waals surface area contributed by atoms with Crippen molar-refractivity contribution in [2.45, 2.75) is 44.1 Å². The summed E-state index contributed by atoms with van der Waals surface area (Å²) >= 11 is 0. The van der Waals surface area contributed by atoms with Crippen LogP contribution in [0, 0.1) is 17.8 Å². The maximum Gasteiger partial charge on any atom is 0.405 e. The van der Waals surface area contributed by atoms with Gasteiger partial charge in [-0.15, -0.1) is 0 Å². The minimum absolute atomic E-state index is 0.0272. The smallest absolute Gasteiger partial charge is 0.405 e. The molecule has 4 bridgehead atoms. The lowest BCUT2D eigenvalue weighted by Gasteiger charge is -2.56. The number of hydrogen-bond donors (Lipinski definition) is 4. The molecule has 0 heterocycles. The Morgan fingerprint density at radius 3 is 1.76 bits per heavy atom. The van der Waals surface area contributed by atoms with Crippen LogP contribution in [0.1, 0.15) is 38.5 Å². The van der Waals surface area contributed by atoms with Crippen molar-refractivity contribution in [2.75, 3.05) is 26.4 Å². The lowest BCUT2D eigenvalue weighted by atomic mass is 9.53. The van der Waals surface area contributed by atoms with Crippen LogP contribution in [0.2, 0.25) is 0 Å². The van der Waals surface area contributed by atoms with Gasteiger partial charge < -0.3 is 25.4 Å². The van der Waals surface area contributed by atoms with Crippen molar-refractivity contribution in [3.63, 3.8) is 0 Å². The van der Waals surface area contributed by atoms with E-state index < -0.39 is 6.09 Å². The van der Waals surface area contributed by atoms with Crippen LogP contribution in [0.15, 0.2) is 0 Å². The van der Waals surface area contributed by atoms with Crippen LogP contribution in [-0.2, 0) is 4.74 Å². The first-order valence-electron chi connectivity index (χ1n) is 7.87. The first kappa shape index (κ1) is 16.5. The number of aliphatic hydroxyl groups excluding tert-OH is 2. The molecule has 0 radical (unpaired) electrons. The number of hydrogen-bond acceptors (Lipinski definition) is 4. The van der Waals surface area contributed by atoms with Crippen molar-refractivity contribution in [3.05, 3.63) is 0 Å². The van der Waals surface area contributed by atoms with E-state index in [-0.39, 0.29) is 18.8 Å². The van der Waals surface area contributed by atoms with Crippen LogP contribution in [0.4, 0.5) is 4.79 Å². The van der Waals surface area contributed by atoms with Crippen molar-refractivity contribution in [1.82, 2.24) is 5.32 Å². The summed E-state index contributed by atoms with van der Waals surface area (Å²) in [5.41, 5.74) is -0.0272. The van der Waals surface area contributed by atoms with Gasteiger partial charge in [0, 0.05) is 5.54 Å². The summed E-state index contributed by atoms with van der Waals surface area (Å²) < 4.78 is 4.63. The third-order valence-corrected chi connectivity index (χ3v) is 4.88. The number of amides is 1. The average Bonchev–Trinajstić information content (AvgIpc) is 2.36. The van der Waals surface area contributed by atoms with Crippen LogP contribution in [-0.4, -0.2) is 53.4 Å². The third kappa shape index (κ3) is 4.56. The van der Waals surface area contributed by atoms with Crippen LogP contribution < -0.4 is 5.32 Å². The van der Waals surface area contributed by atoms with Gasteiger partial charge in [-0.05, 0) is 56.3 Å². The van der Waals surface area contributed by atoms with Gasteiger partial charge in [-0.25, -0.2) is 4.79 Å². The fraction of sp³-hybridized carbons (Fsp3) is 0.933. The lowest BCUT2D eigenvalue weighted by molar-refractivity contribution is -0.0167.